The molecule has 4 N–H and O–H groups in total. The lowest BCUT2D eigenvalue weighted by atomic mass is 10.1. The molecule has 0 saturated heterocycles. The van der Waals surface area contributed by atoms with Gasteiger partial charge in [-0.05, 0) is 12.8 Å². The summed E-state index contributed by atoms with van der Waals surface area (Å²) in [5.41, 5.74) is 9.80. The summed E-state index contributed by atoms with van der Waals surface area (Å²) >= 11 is 0. The fourth-order valence-electron chi connectivity index (χ4n) is 0.644. The van der Waals surface area contributed by atoms with E-state index < -0.39 is 11.7 Å². The predicted octanol–water partition coefficient (Wildman–Crippen LogP) is 0.477. The summed E-state index contributed by atoms with van der Waals surface area (Å²) in [7, 11) is 0. The molecular weight excluding hydrogens is 156 g/mol. The molecule has 0 aromatic rings. The largest absolute Gasteiger partial charge is 0.440 e. The summed E-state index contributed by atoms with van der Waals surface area (Å²) in [6.45, 7) is 6.94. The molecule has 0 atom stereocenters. The normalized spacial score (nSPS) is 10.9. The van der Waals surface area contributed by atoms with Gasteiger partial charge in [-0.15, -0.1) is 0 Å². The van der Waals surface area contributed by atoms with Crippen molar-refractivity contribution in [1.82, 2.24) is 0 Å². The van der Waals surface area contributed by atoms with E-state index in [1.54, 1.807) is 0 Å². The van der Waals surface area contributed by atoms with Crippen LogP contribution in [0.15, 0.2) is 12.3 Å². The van der Waals surface area contributed by atoms with Gasteiger partial charge < -0.3 is 10.5 Å². The zero-order valence-electron chi connectivity index (χ0n) is 7.59. The van der Waals surface area contributed by atoms with Crippen LogP contribution in [-0.2, 0) is 9.53 Å². The Morgan fingerprint density at radius 3 is 2.17 bits per heavy atom. The van der Waals surface area contributed by atoms with E-state index in [4.69, 9.17) is 16.2 Å². The highest BCUT2D eigenvalue weighted by atomic mass is 16.6. The molecule has 0 aromatic heterocycles. The number of rotatable bonds is 4. The summed E-state index contributed by atoms with van der Waals surface area (Å²) in [5.74, 6) is -0.638. The van der Waals surface area contributed by atoms with Crippen LogP contribution >= 0.6 is 0 Å². The van der Waals surface area contributed by atoms with E-state index in [1.165, 1.54) is 0 Å². The highest BCUT2D eigenvalue weighted by Gasteiger charge is 2.25. The second-order valence-electron chi connectivity index (χ2n) is 2.69. The van der Waals surface area contributed by atoms with Crippen molar-refractivity contribution in [3.63, 3.8) is 0 Å². The second-order valence-corrected chi connectivity index (χ2v) is 2.69. The van der Waals surface area contributed by atoms with Crippen molar-refractivity contribution in [3.8, 4) is 0 Å². The van der Waals surface area contributed by atoms with Crippen LogP contribution in [0.1, 0.15) is 26.7 Å². The van der Waals surface area contributed by atoms with Crippen molar-refractivity contribution in [1.29, 1.82) is 0 Å². The minimum Gasteiger partial charge on any atom is -0.440 e. The zero-order valence-corrected chi connectivity index (χ0v) is 7.59. The van der Waals surface area contributed by atoms with Gasteiger partial charge in [-0.2, -0.15) is 0 Å². The van der Waals surface area contributed by atoms with E-state index in [0.717, 1.165) is 0 Å². The molecule has 4 heteroatoms. The van der Waals surface area contributed by atoms with E-state index in [2.05, 4.69) is 6.58 Å². The monoisotopic (exact) mass is 172 g/mol. The third kappa shape index (κ3) is 2.92. The van der Waals surface area contributed by atoms with Gasteiger partial charge in [0.25, 0.3) is 0 Å². The fraction of sp³-hybridized carbons (Fsp3) is 0.625. The number of ether oxygens (including phenoxy) is 1. The van der Waals surface area contributed by atoms with Crippen LogP contribution in [0.4, 0.5) is 0 Å². The summed E-state index contributed by atoms with van der Waals surface area (Å²) in [6, 6.07) is 0. The van der Waals surface area contributed by atoms with E-state index in [1.807, 2.05) is 13.8 Å². The topological polar surface area (TPSA) is 78.3 Å². The van der Waals surface area contributed by atoms with Gasteiger partial charge in [-0.3, -0.25) is 5.73 Å². The molecule has 0 rings (SSSR count). The first kappa shape index (κ1) is 11.0. The van der Waals surface area contributed by atoms with Gasteiger partial charge in [-0.25, -0.2) is 4.79 Å². The second kappa shape index (κ2) is 4.11. The summed E-state index contributed by atoms with van der Waals surface area (Å²) in [5, 5.41) is 0. The van der Waals surface area contributed by atoms with Gasteiger partial charge in [0.15, 0.2) is 5.72 Å². The molecule has 0 heterocycles. The van der Waals surface area contributed by atoms with Crippen LogP contribution < -0.4 is 11.5 Å². The lowest BCUT2D eigenvalue weighted by molar-refractivity contribution is -0.155. The van der Waals surface area contributed by atoms with Gasteiger partial charge in [-0.1, -0.05) is 20.4 Å². The molecule has 4 nitrogen and oxygen atoms in total. The van der Waals surface area contributed by atoms with Crippen molar-refractivity contribution >= 4 is 5.97 Å². The lowest BCUT2D eigenvalue weighted by Crippen LogP contribution is -2.44. The molecule has 0 saturated carbocycles. The van der Waals surface area contributed by atoms with Crippen molar-refractivity contribution in [2.24, 2.45) is 11.5 Å². The smallest absolute Gasteiger partial charge is 0.355 e. The maximum atomic E-state index is 10.9. The molecule has 0 amide bonds. The van der Waals surface area contributed by atoms with Crippen molar-refractivity contribution in [3.05, 3.63) is 12.3 Å². The molecule has 0 radical (unpaired) electrons. The van der Waals surface area contributed by atoms with E-state index >= 15 is 0 Å². The summed E-state index contributed by atoms with van der Waals surface area (Å²) < 4.78 is 4.91. The highest BCUT2D eigenvalue weighted by molar-refractivity contribution is 5.86. The van der Waals surface area contributed by atoms with Crippen LogP contribution in [0.3, 0.4) is 0 Å². The SMILES string of the molecule is C=C(N)C(=O)OC(N)(CC)CC. The Hall–Kier alpha value is -1.03. The minimum absolute atomic E-state index is 0.119. The van der Waals surface area contributed by atoms with E-state index in [-0.39, 0.29) is 5.70 Å². The van der Waals surface area contributed by atoms with Crippen LogP contribution in [-0.4, -0.2) is 11.7 Å². The maximum Gasteiger partial charge on any atom is 0.355 e. The number of esters is 1. The van der Waals surface area contributed by atoms with Crippen LogP contribution in [0.5, 0.6) is 0 Å². The Bertz CT molecular complexity index is 185. The Labute approximate surface area is 72.6 Å². The van der Waals surface area contributed by atoms with Gasteiger partial charge in [0.2, 0.25) is 0 Å². The molecule has 0 aliphatic carbocycles. The minimum atomic E-state index is -0.903. The molecule has 0 fully saturated rings. The average Bonchev–Trinajstić information content (AvgIpc) is 2.04. The number of carbonyl (C=O) groups excluding carboxylic acids is 1. The number of hydrogen-bond acceptors (Lipinski definition) is 4. The Kier molecular flexibility index (Phi) is 3.76. The van der Waals surface area contributed by atoms with Crippen molar-refractivity contribution < 1.29 is 9.53 Å². The fourth-order valence-corrected chi connectivity index (χ4v) is 0.644. The molecule has 70 valence electrons. The molecule has 0 bridgehead atoms. The van der Waals surface area contributed by atoms with Crippen LogP contribution in [0.25, 0.3) is 0 Å². The third-order valence-corrected chi connectivity index (χ3v) is 1.76. The first-order chi connectivity index (χ1) is 5.45. The highest BCUT2D eigenvalue weighted by Crippen LogP contribution is 2.13. The number of carbonyl (C=O) groups is 1. The zero-order chi connectivity index (χ0) is 9.78. The van der Waals surface area contributed by atoms with E-state index in [0.29, 0.717) is 12.8 Å². The lowest BCUT2D eigenvalue weighted by Gasteiger charge is -2.26. The maximum absolute atomic E-state index is 10.9. The molecule has 0 aliphatic heterocycles. The summed E-state index contributed by atoms with van der Waals surface area (Å²) in [6.07, 6.45) is 1.12. The Balaban J connectivity index is 4.21. The quantitative estimate of drug-likeness (QED) is 0.367. The molecule has 0 aromatic carbocycles. The van der Waals surface area contributed by atoms with E-state index in [9.17, 15) is 4.79 Å². The first-order valence-corrected chi connectivity index (χ1v) is 3.91. The first-order valence-electron chi connectivity index (χ1n) is 3.91. The predicted molar refractivity (Wildman–Crippen MR) is 46.9 cm³/mol. The third-order valence-electron chi connectivity index (χ3n) is 1.76. The van der Waals surface area contributed by atoms with Gasteiger partial charge in [0.1, 0.15) is 5.70 Å². The molecular formula is C8H16N2O2. The van der Waals surface area contributed by atoms with Crippen molar-refractivity contribution in [2.75, 3.05) is 0 Å². The molecule has 0 aliphatic rings. The Morgan fingerprint density at radius 2 is 1.92 bits per heavy atom. The van der Waals surface area contributed by atoms with Gasteiger partial charge in [0, 0.05) is 0 Å². The average molecular weight is 172 g/mol. The van der Waals surface area contributed by atoms with Crippen LogP contribution in [0.2, 0.25) is 0 Å². The standard InChI is InChI=1S/C8H16N2O2/c1-4-8(10,5-2)12-7(11)6(3)9/h3-5,9-10H2,1-2H3. The van der Waals surface area contributed by atoms with Gasteiger partial charge >= 0.3 is 5.97 Å². The number of hydrogen-bond donors (Lipinski definition) is 2. The summed E-state index contributed by atoms with van der Waals surface area (Å²) in [4.78, 5) is 10.9. The Morgan fingerprint density at radius 1 is 1.50 bits per heavy atom. The number of nitrogens with two attached hydrogens (primary N) is 2. The molecule has 0 spiro atoms. The molecule has 0 unspecified atom stereocenters. The molecule has 12 heavy (non-hydrogen) atoms. The van der Waals surface area contributed by atoms with Gasteiger partial charge in [0.05, 0.1) is 0 Å². The van der Waals surface area contributed by atoms with Crippen LogP contribution in [0, 0.1) is 0 Å². The van der Waals surface area contributed by atoms with Crippen molar-refractivity contribution in [2.45, 2.75) is 32.4 Å².